The van der Waals surface area contributed by atoms with Crippen LogP contribution in [0.2, 0.25) is 0 Å². The van der Waals surface area contributed by atoms with Crippen molar-refractivity contribution >= 4 is 33.2 Å². The number of hydrogen-bond acceptors (Lipinski definition) is 3. The van der Waals surface area contributed by atoms with E-state index in [1.807, 2.05) is 11.4 Å². The Morgan fingerprint density at radius 3 is 2.63 bits per heavy atom. The fourth-order valence-electron chi connectivity index (χ4n) is 2.50. The Kier molecular flexibility index (Phi) is 5.00. The maximum Gasteiger partial charge on any atom is 0.240 e. The Bertz CT molecular complexity index is 484. The summed E-state index contributed by atoms with van der Waals surface area (Å²) in [6.07, 6.45) is 5.61. The lowest BCUT2D eigenvalue weighted by molar-refractivity contribution is -0.128. The van der Waals surface area contributed by atoms with Gasteiger partial charge < -0.3 is 5.32 Å². The standard InChI is InChI=1S/C14H17BrN2OS/c15-11-5-8-19-12(11)9-17-13(18)14(10-16)6-3-1-2-4-7-14/h5,8H,1-4,6-7,9H2,(H,17,18). The van der Waals surface area contributed by atoms with Gasteiger partial charge in [-0.2, -0.15) is 5.26 Å². The SMILES string of the molecule is N#CC1(C(=O)NCc2sccc2Br)CCCCCC1. The maximum atomic E-state index is 12.4. The first-order valence-corrected chi connectivity index (χ1v) is 8.27. The molecule has 102 valence electrons. The highest BCUT2D eigenvalue weighted by atomic mass is 79.9. The molecule has 1 aromatic rings. The van der Waals surface area contributed by atoms with Gasteiger partial charge in [0.2, 0.25) is 5.91 Å². The molecular formula is C14H17BrN2OS. The molecule has 1 N–H and O–H groups in total. The second kappa shape index (κ2) is 6.53. The smallest absolute Gasteiger partial charge is 0.240 e. The molecular weight excluding hydrogens is 324 g/mol. The van der Waals surface area contributed by atoms with Crippen LogP contribution in [0, 0.1) is 16.7 Å². The van der Waals surface area contributed by atoms with Crippen LogP contribution >= 0.6 is 27.3 Å². The van der Waals surface area contributed by atoms with Gasteiger partial charge in [-0.3, -0.25) is 4.79 Å². The number of carbonyl (C=O) groups excluding carboxylic acids is 1. The molecule has 0 spiro atoms. The largest absolute Gasteiger partial charge is 0.350 e. The van der Waals surface area contributed by atoms with Crippen molar-refractivity contribution in [2.75, 3.05) is 0 Å². The number of amides is 1. The van der Waals surface area contributed by atoms with Gasteiger partial charge in [-0.1, -0.05) is 25.7 Å². The van der Waals surface area contributed by atoms with Crippen LogP contribution in [0.15, 0.2) is 15.9 Å². The van der Waals surface area contributed by atoms with Gasteiger partial charge in [0.25, 0.3) is 0 Å². The Labute approximate surface area is 126 Å². The lowest BCUT2D eigenvalue weighted by Crippen LogP contribution is -2.39. The van der Waals surface area contributed by atoms with Gasteiger partial charge in [0, 0.05) is 9.35 Å². The zero-order valence-corrected chi connectivity index (χ0v) is 13.1. The number of nitrogens with zero attached hydrogens (tertiary/aromatic N) is 1. The fraction of sp³-hybridized carbons (Fsp3) is 0.571. The average Bonchev–Trinajstić information content (AvgIpc) is 2.68. The average molecular weight is 341 g/mol. The summed E-state index contributed by atoms with van der Waals surface area (Å²) < 4.78 is 1.02. The predicted molar refractivity (Wildman–Crippen MR) is 79.6 cm³/mol. The molecule has 1 aromatic heterocycles. The van der Waals surface area contributed by atoms with Crippen LogP contribution in [-0.2, 0) is 11.3 Å². The molecule has 1 aliphatic rings. The zero-order valence-electron chi connectivity index (χ0n) is 10.7. The van der Waals surface area contributed by atoms with Crippen molar-refractivity contribution in [1.29, 1.82) is 5.26 Å². The molecule has 1 amide bonds. The van der Waals surface area contributed by atoms with Crippen molar-refractivity contribution in [2.45, 2.75) is 45.1 Å². The predicted octanol–water partition coefficient (Wildman–Crippen LogP) is 3.99. The van der Waals surface area contributed by atoms with Crippen LogP contribution in [0.3, 0.4) is 0 Å². The van der Waals surface area contributed by atoms with Gasteiger partial charge in [-0.25, -0.2) is 0 Å². The summed E-state index contributed by atoms with van der Waals surface area (Å²) in [5.41, 5.74) is -0.805. The van der Waals surface area contributed by atoms with E-state index in [1.54, 1.807) is 11.3 Å². The summed E-state index contributed by atoms with van der Waals surface area (Å²) in [5, 5.41) is 14.3. The summed E-state index contributed by atoms with van der Waals surface area (Å²) in [4.78, 5) is 13.5. The quantitative estimate of drug-likeness (QED) is 0.845. The number of carbonyl (C=O) groups is 1. The van der Waals surface area contributed by atoms with E-state index in [9.17, 15) is 10.1 Å². The number of thiophene rings is 1. The normalized spacial score (nSPS) is 18.3. The number of halogens is 1. The van der Waals surface area contributed by atoms with E-state index < -0.39 is 5.41 Å². The van der Waals surface area contributed by atoms with E-state index in [0.717, 1.165) is 35.0 Å². The van der Waals surface area contributed by atoms with Gasteiger partial charge in [0.15, 0.2) is 0 Å². The summed E-state index contributed by atoms with van der Waals surface area (Å²) >= 11 is 5.05. The van der Waals surface area contributed by atoms with Crippen LogP contribution in [0.4, 0.5) is 0 Å². The lowest BCUT2D eigenvalue weighted by Gasteiger charge is -2.23. The minimum Gasteiger partial charge on any atom is -0.350 e. The Hall–Kier alpha value is -0.860. The number of hydrogen-bond donors (Lipinski definition) is 1. The highest BCUT2D eigenvalue weighted by molar-refractivity contribution is 9.10. The van der Waals surface area contributed by atoms with Gasteiger partial charge in [0.1, 0.15) is 5.41 Å². The summed E-state index contributed by atoms with van der Waals surface area (Å²) in [6, 6.07) is 4.25. The molecule has 0 radical (unpaired) electrons. The summed E-state index contributed by atoms with van der Waals surface area (Å²) in [7, 11) is 0. The summed E-state index contributed by atoms with van der Waals surface area (Å²) in [5.74, 6) is -0.0998. The molecule has 0 aliphatic heterocycles. The molecule has 1 aliphatic carbocycles. The van der Waals surface area contributed by atoms with Crippen LogP contribution in [0.5, 0.6) is 0 Å². The monoisotopic (exact) mass is 340 g/mol. The van der Waals surface area contributed by atoms with E-state index >= 15 is 0 Å². The molecule has 2 rings (SSSR count). The van der Waals surface area contributed by atoms with Gasteiger partial charge in [-0.15, -0.1) is 11.3 Å². The minimum atomic E-state index is -0.805. The van der Waals surface area contributed by atoms with Crippen molar-refractivity contribution in [3.63, 3.8) is 0 Å². The van der Waals surface area contributed by atoms with Crippen LogP contribution in [0.25, 0.3) is 0 Å². The topological polar surface area (TPSA) is 52.9 Å². The first-order valence-electron chi connectivity index (χ1n) is 6.59. The van der Waals surface area contributed by atoms with E-state index in [1.165, 1.54) is 0 Å². The molecule has 5 heteroatoms. The third-order valence-corrected chi connectivity index (χ3v) is 5.63. The van der Waals surface area contributed by atoms with Gasteiger partial charge in [-0.05, 0) is 40.2 Å². The third kappa shape index (κ3) is 3.37. The fourth-order valence-corrected chi connectivity index (χ4v) is 3.93. The molecule has 0 bridgehead atoms. The molecule has 1 fully saturated rings. The van der Waals surface area contributed by atoms with Crippen molar-refractivity contribution < 1.29 is 4.79 Å². The highest BCUT2D eigenvalue weighted by Gasteiger charge is 2.38. The Balaban J connectivity index is 2.01. The van der Waals surface area contributed by atoms with E-state index in [0.29, 0.717) is 19.4 Å². The second-order valence-electron chi connectivity index (χ2n) is 4.98. The molecule has 0 aromatic carbocycles. The molecule has 1 saturated carbocycles. The van der Waals surface area contributed by atoms with E-state index in [-0.39, 0.29) is 5.91 Å². The Morgan fingerprint density at radius 2 is 2.11 bits per heavy atom. The maximum absolute atomic E-state index is 12.4. The molecule has 0 saturated heterocycles. The van der Waals surface area contributed by atoms with Crippen molar-refractivity contribution in [3.8, 4) is 6.07 Å². The van der Waals surface area contributed by atoms with Crippen LogP contribution in [-0.4, -0.2) is 5.91 Å². The lowest BCUT2D eigenvalue weighted by atomic mass is 9.81. The van der Waals surface area contributed by atoms with Crippen molar-refractivity contribution in [1.82, 2.24) is 5.32 Å². The molecule has 0 unspecified atom stereocenters. The van der Waals surface area contributed by atoms with Crippen LogP contribution < -0.4 is 5.32 Å². The third-order valence-electron chi connectivity index (χ3n) is 3.71. The molecule has 19 heavy (non-hydrogen) atoms. The molecule has 3 nitrogen and oxygen atoms in total. The van der Waals surface area contributed by atoms with Crippen LogP contribution in [0.1, 0.15) is 43.4 Å². The van der Waals surface area contributed by atoms with E-state index in [4.69, 9.17) is 0 Å². The number of rotatable bonds is 3. The highest BCUT2D eigenvalue weighted by Crippen LogP contribution is 2.35. The first-order chi connectivity index (χ1) is 9.18. The van der Waals surface area contributed by atoms with E-state index in [2.05, 4.69) is 27.3 Å². The molecule has 0 atom stereocenters. The minimum absolute atomic E-state index is 0.0998. The van der Waals surface area contributed by atoms with Gasteiger partial charge in [0.05, 0.1) is 12.6 Å². The van der Waals surface area contributed by atoms with Crippen molar-refractivity contribution in [2.24, 2.45) is 5.41 Å². The summed E-state index contributed by atoms with van der Waals surface area (Å²) in [6.45, 7) is 0.501. The molecule has 1 heterocycles. The van der Waals surface area contributed by atoms with Crippen molar-refractivity contribution in [3.05, 3.63) is 20.8 Å². The Morgan fingerprint density at radius 1 is 1.42 bits per heavy atom. The first kappa shape index (κ1) is 14.5. The number of nitriles is 1. The zero-order chi connectivity index (χ0) is 13.7. The van der Waals surface area contributed by atoms with Gasteiger partial charge >= 0.3 is 0 Å². The second-order valence-corrected chi connectivity index (χ2v) is 6.84. The number of nitrogens with one attached hydrogen (secondary N) is 1.